The molecule has 1 unspecified atom stereocenters. The lowest BCUT2D eigenvalue weighted by molar-refractivity contribution is 0.265. The van der Waals surface area contributed by atoms with Crippen LogP contribution in [0.2, 0.25) is 0 Å². The van der Waals surface area contributed by atoms with Gasteiger partial charge in [0.1, 0.15) is 0 Å². The number of nitrogens with one attached hydrogen (secondary N) is 1. The number of hydrogen-bond donors (Lipinski definition) is 2. The fraction of sp³-hybridized carbons (Fsp3) is 1.00. The number of nitrogens with zero attached hydrogens (tertiary/aromatic N) is 1. The molecule has 6 heteroatoms. The smallest absolute Gasteiger partial charge is 0.279 e. The minimum absolute atomic E-state index is 0.321. The Balaban J connectivity index is 1.77. The first kappa shape index (κ1) is 14.2. The molecule has 0 radical (unpaired) electrons. The Labute approximate surface area is 110 Å². The van der Waals surface area contributed by atoms with E-state index in [0.717, 1.165) is 25.2 Å². The maximum atomic E-state index is 12.1. The number of piperidine rings is 1. The molecule has 1 atom stereocenters. The summed E-state index contributed by atoms with van der Waals surface area (Å²) in [6.07, 6.45) is 6.78. The predicted octanol–water partition coefficient (Wildman–Crippen LogP) is 0.682. The van der Waals surface area contributed by atoms with Gasteiger partial charge in [-0.2, -0.15) is 12.7 Å². The average Bonchev–Trinajstić information content (AvgIpc) is 2.32. The van der Waals surface area contributed by atoms with Crippen LogP contribution in [-0.2, 0) is 10.2 Å². The first-order valence-electron chi connectivity index (χ1n) is 7.06. The Kier molecular flexibility index (Phi) is 5.00. The molecule has 1 aliphatic carbocycles. The molecule has 2 aliphatic rings. The van der Waals surface area contributed by atoms with Gasteiger partial charge in [-0.3, -0.25) is 0 Å². The summed E-state index contributed by atoms with van der Waals surface area (Å²) in [5.41, 5.74) is 5.63. The van der Waals surface area contributed by atoms with Gasteiger partial charge in [0.15, 0.2) is 0 Å². The van der Waals surface area contributed by atoms with E-state index in [9.17, 15) is 8.42 Å². The average molecular weight is 275 g/mol. The normalized spacial score (nSPS) is 27.1. The third kappa shape index (κ3) is 3.66. The molecule has 0 aromatic carbocycles. The van der Waals surface area contributed by atoms with Crippen molar-refractivity contribution in [1.82, 2.24) is 9.03 Å². The Morgan fingerprint density at radius 1 is 1.17 bits per heavy atom. The van der Waals surface area contributed by atoms with E-state index in [0.29, 0.717) is 32.1 Å². The van der Waals surface area contributed by atoms with Gasteiger partial charge in [-0.05, 0) is 37.6 Å². The molecular formula is C12H25N3O2S. The van der Waals surface area contributed by atoms with Crippen LogP contribution in [0.15, 0.2) is 0 Å². The second-order valence-electron chi connectivity index (χ2n) is 5.59. The zero-order valence-corrected chi connectivity index (χ0v) is 11.8. The molecule has 1 saturated carbocycles. The molecule has 3 N–H and O–H groups in total. The van der Waals surface area contributed by atoms with E-state index in [-0.39, 0.29) is 0 Å². The van der Waals surface area contributed by atoms with Gasteiger partial charge in [-0.15, -0.1) is 0 Å². The van der Waals surface area contributed by atoms with Crippen molar-refractivity contribution in [2.75, 3.05) is 26.2 Å². The van der Waals surface area contributed by atoms with Crippen LogP contribution in [0.3, 0.4) is 0 Å². The molecule has 1 aliphatic heterocycles. The van der Waals surface area contributed by atoms with Crippen molar-refractivity contribution in [2.24, 2.45) is 17.6 Å². The first-order chi connectivity index (χ1) is 8.62. The Bertz CT molecular complexity index is 354. The van der Waals surface area contributed by atoms with Gasteiger partial charge in [0.2, 0.25) is 0 Å². The summed E-state index contributed by atoms with van der Waals surface area (Å²) in [4.78, 5) is 0. The molecule has 18 heavy (non-hydrogen) atoms. The van der Waals surface area contributed by atoms with E-state index in [2.05, 4.69) is 4.72 Å². The summed E-state index contributed by atoms with van der Waals surface area (Å²) in [7, 11) is -3.28. The minimum atomic E-state index is -3.28. The summed E-state index contributed by atoms with van der Waals surface area (Å²) in [5, 5.41) is 0. The molecular weight excluding hydrogens is 250 g/mol. The van der Waals surface area contributed by atoms with E-state index >= 15 is 0 Å². The topological polar surface area (TPSA) is 75.4 Å². The molecule has 0 aromatic rings. The number of hydrogen-bond acceptors (Lipinski definition) is 3. The van der Waals surface area contributed by atoms with Gasteiger partial charge < -0.3 is 5.73 Å². The van der Waals surface area contributed by atoms with Crippen molar-refractivity contribution >= 4 is 10.2 Å². The van der Waals surface area contributed by atoms with E-state index in [4.69, 9.17) is 5.73 Å². The van der Waals surface area contributed by atoms with Crippen LogP contribution in [0.1, 0.15) is 38.5 Å². The van der Waals surface area contributed by atoms with Crippen LogP contribution in [0.5, 0.6) is 0 Å². The van der Waals surface area contributed by atoms with E-state index in [1.807, 2.05) is 0 Å². The first-order valence-corrected chi connectivity index (χ1v) is 8.50. The Morgan fingerprint density at radius 3 is 2.50 bits per heavy atom. The van der Waals surface area contributed by atoms with Crippen LogP contribution in [0.4, 0.5) is 0 Å². The quantitative estimate of drug-likeness (QED) is 0.748. The summed E-state index contributed by atoms with van der Waals surface area (Å²) < 4.78 is 28.5. The highest BCUT2D eigenvalue weighted by Gasteiger charge is 2.28. The third-order valence-corrected chi connectivity index (χ3v) is 5.80. The number of rotatable bonds is 6. The zero-order valence-electron chi connectivity index (χ0n) is 11.0. The molecule has 1 heterocycles. The van der Waals surface area contributed by atoms with E-state index in [1.54, 1.807) is 4.31 Å². The van der Waals surface area contributed by atoms with Crippen molar-refractivity contribution in [3.8, 4) is 0 Å². The molecule has 0 amide bonds. The molecule has 0 aromatic heterocycles. The van der Waals surface area contributed by atoms with Crippen molar-refractivity contribution < 1.29 is 8.42 Å². The Hall–Kier alpha value is -0.170. The largest absolute Gasteiger partial charge is 0.330 e. The maximum absolute atomic E-state index is 12.1. The van der Waals surface area contributed by atoms with Gasteiger partial charge in [0, 0.05) is 19.6 Å². The lowest BCUT2D eigenvalue weighted by Crippen LogP contribution is -2.47. The Morgan fingerprint density at radius 2 is 1.89 bits per heavy atom. The van der Waals surface area contributed by atoms with Crippen LogP contribution in [0, 0.1) is 11.8 Å². The summed E-state index contributed by atoms with van der Waals surface area (Å²) in [6.45, 7) is 2.37. The minimum Gasteiger partial charge on any atom is -0.330 e. The van der Waals surface area contributed by atoms with Gasteiger partial charge in [0.05, 0.1) is 0 Å². The second-order valence-corrected chi connectivity index (χ2v) is 7.34. The van der Waals surface area contributed by atoms with Crippen LogP contribution >= 0.6 is 0 Å². The molecule has 0 bridgehead atoms. The highest BCUT2D eigenvalue weighted by atomic mass is 32.2. The van der Waals surface area contributed by atoms with E-state index in [1.165, 1.54) is 19.3 Å². The fourth-order valence-electron chi connectivity index (χ4n) is 2.70. The van der Waals surface area contributed by atoms with Crippen molar-refractivity contribution in [3.63, 3.8) is 0 Å². The lowest BCUT2D eigenvalue weighted by atomic mass is 9.83. The van der Waals surface area contributed by atoms with Gasteiger partial charge in [0.25, 0.3) is 10.2 Å². The highest BCUT2D eigenvalue weighted by molar-refractivity contribution is 7.87. The SMILES string of the molecule is NCC1CCCN(S(=O)(=O)NCCC2CCC2)C1. The fourth-order valence-corrected chi connectivity index (χ4v) is 4.04. The van der Waals surface area contributed by atoms with Crippen molar-refractivity contribution in [3.05, 3.63) is 0 Å². The molecule has 106 valence electrons. The lowest BCUT2D eigenvalue weighted by Gasteiger charge is -2.31. The predicted molar refractivity (Wildman–Crippen MR) is 72.2 cm³/mol. The van der Waals surface area contributed by atoms with Crippen LogP contribution in [-0.4, -0.2) is 38.9 Å². The number of nitrogens with two attached hydrogens (primary N) is 1. The van der Waals surface area contributed by atoms with Crippen molar-refractivity contribution in [1.29, 1.82) is 0 Å². The molecule has 2 rings (SSSR count). The molecule has 1 saturated heterocycles. The molecule has 0 spiro atoms. The standard InChI is InChI=1S/C12H25N3O2S/c13-9-12-5-2-8-15(10-12)18(16,17)14-7-6-11-3-1-4-11/h11-12,14H,1-10,13H2. The molecule has 2 fully saturated rings. The van der Waals surface area contributed by atoms with Crippen LogP contribution < -0.4 is 10.5 Å². The third-order valence-electron chi connectivity index (χ3n) is 4.22. The van der Waals surface area contributed by atoms with Crippen LogP contribution in [0.25, 0.3) is 0 Å². The monoisotopic (exact) mass is 275 g/mol. The summed E-state index contributed by atoms with van der Waals surface area (Å²) in [6, 6.07) is 0. The van der Waals surface area contributed by atoms with E-state index < -0.39 is 10.2 Å². The molecule has 5 nitrogen and oxygen atoms in total. The van der Waals surface area contributed by atoms with Gasteiger partial charge >= 0.3 is 0 Å². The van der Waals surface area contributed by atoms with Gasteiger partial charge in [-0.1, -0.05) is 19.3 Å². The highest BCUT2D eigenvalue weighted by Crippen LogP contribution is 2.28. The maximum Gasteiger partial charge on any atom is 0.279 e. The van der Waals surface area contributed by atoms with Gasteiger partial charge in [-0.25, -0.2) is 4.72 Å². The summed E-state index contributed by atoms with van der Waals surface area (Å²) >= 11 is 0. The van der Waals surface area contributed by atoms with Crippen molar-refractivity contribution in [2.45, 2.75) is 38.5 Å². The summed E-state index contributed by atoms with van der Waals surface area (Å²) in [5.74, 6) is 1.06. The zero-order chi connectivity index (χ0) is 13.0. The second kappa shape index (κ2) is 6.32.